The Kier molecular flexibility index (Phi) is 5.69. The van der Waals surface area contributed by atoms with Gasteiger partial charge in [-0.05, 0) is 31.2 Å². The van der Waals surface area contributed by atoms with E-state index < -0.39 is 12.6 Å². The molecule has 3 aromatic rings. The second kappa shape index (κ2) is 8.35. The van der Waals surface area contributed by atoms with E-state index in [-0.39, 0.29) is 17.3 Å². The van der Waals surface area contributed by atoms with E-state index in [1.54, 1.807) is 54.6 Å². The fraction of sp³-hybridized carbons (Fsp3) is 0.136. The summed E-state index contributed by atoms with van der Waals surface area (Å²) >= 11 is 0. The fourth-order valence-corrected chi connectivity index (χ4v) is 2.55. The summed E-state index contributed by atoms with van der Waals surface area (Å²) in [6, 6.07) is 16.5. The van der Waals surface area contributed by atoms with Crippen molar-refractivity contribution < 1.29 is 28.3 Å². The van der Waals surface area contributed by atoms with Crippen LogP contribution in [0.3, 0.4) is 0 Å². The van der Waals surface area contributed by atoms with E-state index in [2.05, 4.69) is 0 Å². The Hall–Kier alpha value is -3.67. The van der Waals surface area contributed by atoms with Crippen LogP contribution >= 0.6 is 0 Å². The number of Topliss-reactive ketones (excluding diaryl/α,β-unsaturated/α-hetero) is 2. The van der Waals surface area contributed by atoms with E-state index in [1.165, 1.54) is 20.1 Å². The van der Waals surface area contributed by atoms with Crippen LogP contribution in [0.2, 0.25) is 0 Å². The van der Waals surface area contributed by atoms with Crippen molar-refractivity contribution in [3.8, 4) is 17.1 Å². The number of methoxy groups -OCH3 is 1. The molecule has 0 amide bonds. The minimum atomic E-state index is -0.733. The number of benzene rings is 2. The Morgan fingerprint density at radius 3 is 2.36 bits per heavy atom. The molecule has 0 saturated carbocycles. The predicted octanol–water partition coefficient (Wildman–Crippen LogP) is 4.20. The van der Waals surface area contributed by atoms with Gasteiger partial charge in [0.25, 0.3) is 0 Å². The van der Waals surface area contributed by atoms with Crippen LogP contribution in [0.25, 0.3) is 11.3 Å². The zero-order valence-corrected chi connectivity index (χ0v) is 15.4. The van der Waals surface area contributed by atoms with Gasteiger partial charge >= 0.3 is 5.97 Å². The molecule has 0 saturated heterocycles. The molecular weight excluding hydrogens is 360 g/mol. The highest BCUT2D eigenvalue weighted by Crippen LogP contribution is 2.23. The maximum absolute atomic E-state index is 12.2. The fourth-order valence-electron chi connectivity index (χ4n) is 2.55. The number of rotatable bonds is 7. The first-order chi connectivity index (χ1) is 13.5. The average molecular weight is 378 g/mol. The smallest absolute Gasteiger partial charge is 0.374 e. The van der Waals surface area contributed by atoms with Crippen molar-refractivity contribution >= 4 is 17.5 Å². The number of ketones is 2. The van der Waals surface area contributed by atoms with Crippen LogP contribution in [0.4, 0.5) is 0 Å². The van der Waals surface area contributed by atoms with Gasteiger partial charge in [-0.3, -0.25) is 9.59 Å². The first-order valence-corrected chi connectivity index (χ1v) is 8.53. The molecule has 0 unspecified atom stereocenters. The molecule has 0 spiro atoms. The van der Waals surface area contributed by atoms with Gasteiger partial charge in [-0.15, -0.1) is 0 Å². The lowest BCUT2D eigenvalue weighted by atomic mass is 10.1. The van der Waals surface area contributed by atoms with E-state index in [0.717, 1.165) is 5.56 Å². The van der Waals surface area contributed by atoms with Crippen LogP contribution in [0.5, 0.6) is 5.75 Å². The summed E-state index contributed by atoms with van der Waals surface area (Å²) in [5, 5.41) is 0. The highest BCUT2D eigenvalue weighted by Gasteiger charge is 2.16. The lowest BCUT2D eigenvalue weighted by molar-refractivity contribution is 0.0445. The largest absolute Gasteiger partial charge is 0.497 e. The minimum Gasteiger partial charge on any atom is -0.497 e. The van der Waals surface area contributed by atoms with Gasteiger partial charge in [-0.2, -0.15) is 0 Å². The van der Waals surface area contributed by atoms with Crippen molar-refractivity contribution in [2.45, 2.75) is 6.92 Å². The highest BCUT2D eigenvalue weighted by molar-refractivity contribution is 5.99. The molecule has 3 rings (SSSR count). The second-order valence-electron chi connectivity index (χ2n) is 6.03. The molecular formula is C22H18O6. The zero-order chi connectivity index (χ0) is 20.1. The lowest BCUT2D eigenvalue weighted by Crippen LogP contribution is -2.13. The van der Waals surface area contributed by atoms with Gasteiger partial charge in [0.1, 0.15) is 11.5 Å². The minimum absolute atomic E-state index is 0.0101. The molecule has 142 valence electrons. The topological polar surface area (TPSA) is 82.8 Å². The molecule has 6 nitrogen and oxygen atoms in total. The maximum atomic E-state index is 12.2. The number of ether oxygens (including phenoxy) is 2. The van der Waals surface area contributed by atoms with Gasteiger partial charge < -0.3 is 13.9 Å². The second-order valence-corrected chi connectivity index (χ2v) is 6.03. The molecule has 0 aliphatic carbocycles. The molecule has 0 N–H and O–H groups in total. The monoisotopic (exact) mass is 378 g/mol. The molecule has 1 aromatic heterocycles. The number of furan rings is 1. The van der Waals surface area contributed by atoms with Crippen LogP contribution < -0.4 is 4.74 Å². The van der Waals surface area contributed by atoms with Crippen LogP contribution in [0.15, 0.2) is 65.1 Å². The van der Waals surface area contributed by atoms with Crippen molar-refractivity contribution in [2.24, 2.45) is 0 Å². The van der Waals surface area contributed by atoms with Gasteiger partial charge in [0.05, 0.1) is 7.11 Å². The third-order valence-electron chi connectivity index (χ3n) is 4.11. The van der Waals surface area contributed by atoms with E-state index in [4.69, 9.17) is 13.9 Å². The standard InChI is InChI=1S/C22H18O6/c1-14(23)15-6-8-16(9-7-15)20-10-11-21(28-20)22(25)27-13-19(24)17-4-3-5-18(12-17)26-2/h3-12H,13H2,1-2H3. The van der Waals surface area contributed by atoms with Crippen molar-refractivity contribution in [2.75, 3.05) is 13.7 Å². The molecule has 0 fully saturated rings. The number of esters is 1. The van der Waals surface area contributed by atoms with Gasteiger partial charge in [0, 0.05) is 16.7 Å². The molecule has 6 heteroatoms. The Morgan fingerprint density at radius 1 is 0.929 bits per heavy atom. The van der Waals surface area contributed by atoms with Crippen molar-refractivity contribution in [1.82, 2.24) is 0 Å². The number of hydrogen-bond donors (Lipinski definition) is 0. The third-order valence-corrected chi connectivity index (χ3v) is 4.11. The van der Waals surface area contributed by atoms with Gasteiger partial charge in [0.15, 0.2) is 18.2 Å². The summed E-state index contributed by atoms with van der Waals surface area (Å²) in [7, 11) is 1.51. The summed E-state index contributed by atoms with van der Waals surface area (Å²) in [6.45, 7) is 1.08. The van der Waals surface area contributed by atoms with Crippen molar-refractivity contribution in [3.63, 3.8) is 0 Å². The Labute approximate surface area is 161 Å². The van der Waals surface area contributed by atoms with E-state index in [9.17, 15) is 14.4 Å². The average Bonchev–Trinajstić information content (AvgIpc) is 3.22. The number of carbonyl (C=O) groups is 3. The first-order valence-electron chi connectivity index (χ1n) is 8.53. The van der Waals surface area contributed by atoms with Crippen LogP contribution in [0.1, 0.15) is 38.2 Å². The first kappa shape index (κ1) is 19.1. The Morgan fingerprint density at radius 2 is 1.68 bits per heavy atom. The summed E-state index contributed by atoms with van der Waals surface area (Å²) in [6.07, 6.45) is 0. The Balaban J connectivity index is 1.63. The van der Waals surface area contributed by atoms with Gasteiger partial charge in [0.2, 0.25) is 5.76 Å². The van der Waals surface area contributed by atoms with Crippen LogP contribution in [-0.2, 0) is 4.74 Å². The highest BCUT2D eigenvalue weighted by atomic mass is 16.5. The maximum Gasteiger partial charge on any atom is 0.374 e. The molecule has 0 aliphatic rings. The van der Waals surface area contributed by atoms with Crippen LogP contribution in [0, 0.1) is 0 Å². The quantitative estimate of drug-likeness (QED) is 0.453. The summed E-state index contributed by atoms with van der Waals surface area (Å²) in [4.78, 5) is 35.7. The lowest BCUT2D eigenvalue weighted by Gasteiger charge is -2.05. The molecule has 0 radical (unpaired) electrons. The summed E-state index contributed by atoms with van der Waals surface area (Å²) < 4.78 is 15.6. The third kappa shape index (κ3) is 4.35. The normalized spacial score (nSPS) is 10.4. The Bertz CT molecular complexity index is 1010. The predicted molar refractivity (Wildman–Crippen MR) is 102 cm³/mol. The van der Waals surface area contributed by atoms with Gasteiger partial charge in [-0.1, -0.05) is 36.4 Å². The molecule has 0 aliphatic heterocycles. The molecule has 0 atom stereocenters. The number of carbonyl (C=O) groups excluding carboxylic acids is 3. The molecule has 28 heavy (non-hydrogen) atoms. The van der Waals surface area contributed by atoms with Crippen LogP contribution in [-0.4, -0.2) is 31.3 Å². The van der Waals surface area contributed by atoms with Crippen molar-refractivity contribution in [3.05, 3.63) is 77.6 Å². The van der Waals surface area contributed by atoms with Gasteiger partial charge in [-0.25, -0.2) is 4.79 Å². The zero-order valence-electron chi connectivity index (χ0n) is 15.4. The van der Waals surface area contributed by atoms with Crippen molar-refractivity contribution in [1.29, 1.82) is 0 Å². The van der Waals surface area contributed by atoms with E-state index in [1.807, 2.05) is 0 Å². The summed E-state index contributed by atoms with van der Waals surface area (Å²) in [5.41, 5.74) is 1.69. The molecule has 1 heterocycles. The molecule has 2 aromatic carbocycles. The summed E-state index contributed by atoms with van der Waals surface area (Å²) in [5.74, 6) is -0.119. The molecule has 0 bridgehead atoms. The number of hydrogen-bond acceptors (Lipinski definition) is 6. The van der Waals surface area contributed by atoms with E-state index in [0.29, 0.717) is 22.6 Å². The van der Waals surface area contributed by atoms with E-state index >= 15 is 0 Å². The SMILES string of the molecule is COc1cccc(C(=O)COC(=O)c2ccc(-c3ccc(C(C)=O)cc3)o2)c1.